The van der Waals surface area contributed by atoms with Gasteiger partial charge in [0, 0.05) is 36.7 Å². The molecule has 0 bridgehead atoms. The van der Waals surface area contributed by atoms with Crippen LogP contribution in [-0.4, -0.2) is 33.0 Å². The molecule has 3 aromatic carbocycles. The van der Waals surface area contributed by atoms with Crippen LogP contribution in [-0.2, 0) is 17.9 Å². The highest BCUT2D eigenvalue weighted by molar-refractivity contribution is 6.04. The number of anilines is 1. The molecule has 176 valence electrons. The molecule has 1 fully saturated rings. The van der Waals surface area contributed by atoms with Gasteiger partial charge in [-0.1, -0.05) is 66.2 Å². The molecule has 1 saturated heterocycles. The third-order valence-corrected chi connectivity index (χ3v) is 6.27. The van der Waals surface area contributed by atoms with Crippen molar-refractivity contribution in [3.05, 3.63) is 107 Å². The summed E-state index contributed by atoms with van der Waals surface area (Å²) in [4.78, 5) is 26.9. The number of hydrogen-bond acceptors (Lipinski definition) is 3. The average Bonchev–Trinajstić information content (AvgIpc) is 3.46. The Morgan fingerprint density at radius 1 is 0.914 bits per heavy atom. The van der Waals surface area contributed by atoms with E-state index in [2.05, 4.69) is 24.4 Å². The second kappa shape index (κ2) is 9.97. The van der Waals surface area contributed by atoms with Gasteiger partial charge in [-0.25, -0.2) is 4.68 Å². The molecule has 2 amide bonds. The van der Waals surface area contributed by atoms with Crippen molar-refractivity contribution in [3.63, 3.8) is 0 Å². The summed E-state index contributed by atoms with van der Waals surface area (Å²) in [6.45, 7) is 3.99. The SMILES string of the molecule is Cc1cccc(-c2cc(NC(=O)c3ccc(CN4CCCC4=O)cc3)n(Cc3ccccc3)n2)c1. The summed E-state index contributed by atoms with van der Waals surface area (Å²) in [6.07, 6.45) is 1.54. The third-order valence-electron chi connectivity index (χ3n) is 6.27. The number of rotatable bonds is 7. The van der Waals surface area contributed by atoms with Crippen LogP contribution < -0.4 is 5.32 Å². The number of carbonyl (C=O) groups excluding carboxylic acids is 2. The number of likely N-dealkylation sites (tertiary alicyclic amines) is 1. The van der Waals surface area contributed by atoms with Gasteiger partial charge in [0.15, 0.2) is 0 Å². The fourth-order valence-electron chi connectivity index (χ4n) is 4.38. The van der Waals surface area contributed by atoms with Gasteiger partial charge >= 0.3 is 0 Å². The molecule has 0 saturated carbocycles. The fourth-order valence-corrected chi connectivity index (χ4v) is 4.38. The second-order valence-electron chi connectivity index (χ2n) is 9.00. The van der Waals surface area contributed by atoms with E-state index in [1.807, 2.05) is 82.4 Å². The Kier molecular flexibility index (Phi) is 6.44. The van der Waals surface area contributed by atoms with Crippen molar-refractivity contribution in [2.45, 2.75) is 32.9 Å². The second-order valence-corrected chi connectivity index (χ2v) is 9.00. The van der Waals surface area contributed by atoms with E-state index in [-0.39, 0.29) is 11.8 Å². The van der Waals surface area contributed by atoms with Gasteiger partial charge in [0.1, 0.15) is 5.82 Å². The minimum atomic E-state index is -0.196. The van der Waals surface area contributed by atoms with Crippen LogP contribution in [0.1, 0.15) is 39.9 Å². The van der Waals surface area contributed by atoms with Crippen LogP contribution in [0.3, 0.4) is 0 Å². The average molecular weight is 465 g/mol. The number of benzene rings is 3. The Labute approximate surface area is 205 Å². The van der Waals surface area contributed by atoms with Crippen molar-refractivity contribution >= 4 is 17.6 Å². The van der Waals surface area contributed by atoms with Crippen molar-refractivity contribution in [1.29, 1.82) is 0 Å². The number of nitrogens with one attached hydrogen (secondary N) is 1. The summed E-state index contributed by atoms with van der Waals surface area (Å²) >= 11 is 0. The van der Waals surface area contributed by atoms with Crippen LogP contribution in [0.25, 0.3) is 11.3 Å². The maximum Gasteiger partial charge on any atom is 0.256 e. The molecule has 0 radical (unpaired) electrons. The molecule has 6 heteroatoms. The molecule has 1 N–H and O–H groups in total. The smallest absolute Gasteiger partial charge is 0.256 e. The first-order chi connectivity index (χ1) is 17.0. The Morgan fingerprint density at radius 2 is 1.69 bits per heavy atom. The highest BCUT2D eigenvalue weighted by atomic mass is 16.2. The quantitative estimate of drug-likeness (QED) is 0.405. The predicted octanol–water partition coefficient (Wildman–Crippen LogP) is 5.28. The van der Waals surface area contributed by atoms with E-state index in [1.54, 1.807) is 0 Å². The Morgan fingerprint density at radius 3 is 2.40 bits per heavy atom. The summed E-state index contributed by atoms with van der Waals surface area (Å²) in [5, 5.41) is 7.86. The lowest BCUT2D eigenvalue weighted by atomic mass is 10.1. The molecule has 0 atom stereocenters. The first-order valence-corrected chi connectivity index (χ1v) is 11.9. The van der Waals surface area contributed by atoms with Crippen LogP contribution >= 0.6 is 0 Å². The topological polar surface area (TPSA) is 67.2 Å². The molecule has 2 heterocycles. The molecule has 35 heavy (non-hydrogen) atoms. The van der Waals surface area contributed by atoms with E-state index in [4.69, 9.17) is 5.10 Å². The van der Waals surface area contributed by atoms with Crippen molar-refractivity contribution in [3.8, 4) is 11.3 Å². The van der Waals surface area contributed by atoms with Crippen molar-refractivity contribution < 1.29 is 9.59 Å². The van der Waals surface area contributed by atoms with Gasteiger partial charge in [-0.15, -0.1) is 0 Å². The number of aromatic nitrogens is 2. The fraction of sp³-hybridized carbons (Fsp3) is 0.207. The molecule has 6 nitrogen and oxygen atoms in total. The minimum absolute atomic E-state index is 0.196. The predicted molar refractivity (Wildman–Crippen MR) is 137 cm³/mol. The first-order valence-electron chi connectivity index (χ1n) is 11.9. The highest BCUT2D eigenvalue weighted by Gasteiger charge is 2.20. The van der Waals surface area contributed by atoms with Crippen LogP contribution in [0.5, 0.6) is 0 Å². The largest absolute Gasteiger partial charge is 0.338 e. The zero-order valence-corrected chi connectivity index (χ0v) is 19.8. The molecule has 0 spiro atoms. The van der Waals surface area contributed by atoms with Crippen molar-refractivity contribution in [2.75, 3.05) is 11.9 Å². The van der Waals surface area contributed by atoms with Crippen LogP contribution in [0.4, 0.5) is 5.82 Å². The third kappa shape index (κ3) is 5.32. The molecule has 1 aromatic heterocycles. The maximum absolute atomic E-state index is 13.1. The van der Waals surface area contributed by atoms with Gasteiger partial charge in [-0.3, -0.25) is 9.59 Å². The van der Waals surface area contributed by atoms with Gasteiger partial charge in [0.05, 0.1) is 12.2 Å². The Hall–Kier alpha value is -4.19. The molecular weight excluding hydrogens is 436 g/mol. The lowest BCUT2D eigenvalue weighted by Crippen LogP contribution is -2.23. The summed E-state index contributed by atoms with van der Waals surface area (Å²) in [7, 11) is 0. The van der Waals surface area contributed by atoms with E-state index < -0.39 is 0 Å². The standard InChI is InChI=1S/C29H28N4O2/c1-21-7-5-10-25(17-21)26-18-27(33(31-26)20-22-8-3-2-4-9-22)30-29(35)24-14-12-23(13-15-24)19-32-16-6-11-28(32)34/h2-5,7-10,12-15,17-18H,6,11,16,19-20H2,1H3,(H,30,35). The van der Waals surface area contributed by atoms with E-state index in [0.29, 0.717) is 30.9 Å². The number of aryl methyl sites for hydroxylation is 1. The molecule has 5 rings (SSSR count). The minimum Gasteiger partial charge on any atom is -0.338 e. The number of nitrogens with zero attached hydrogens (tertiary/aromatic N) is 3. The van der Waals surface area contributed by atoms with Gasteiger partial charge in [0.2, 0.25) is 5.91 Å². The van der Waals surface area contributed by atoms with Crippen molar-refractivity contribution in [2.24, 2.45) is 0 Å². The molecule has 0 unspecified atom stereocenters. The lowest BCUT2D eigenvalue weighted by Gasteiger charge is -2.15. The zero-order valence-electron chi connectivity index (χ0n) is 19.8. The Balaban J connectivity index is 1.36. The lowest BCUT2D eigenvalue weighted by molar-refractivity contribution is -0.128. The molecule has 4 aromatic rings. The van der Waals surface area contributed by atoms with Gasteiger partial charge in [-0.05, 0) is 42.7 Å². The van der Waals surface area contributed by atoms with E-state index in [1.165, 1.54) is 0 Å². The zero-order chi connectivity index (χ0) is 24.2. The molecule has 1 aliphatic heterocycles. The Bertz CT molecular complexity index is 1340. The summed E-state index contributed by atoms with van der Waals surface area (Å²) in [5.41, 5.74) is 5.65. The van der Waals surface area contributed by atoms with Gasteiger partial charge in [0.25, 0.3) is 5.91 Å². The van der Waals surface area contributed by atoms with Crippen molar-refractivity contribution in [1.82, 2.24) is 14.7 Å². The monoisotopic (exact) mass is 464 g/mol. The highest BCUT2D eigenvalue weighted by Crippen LogP contribution is 2.24. The van der Waals surface area contributed by atoms with E-state index in [0.717, 1.165) is 40.9 Å². The van der Waals surface area contributed by atoms with Crippen LogP contribution in [0.15, 0.2) is 84.9 Å². The normalized spacial score (nSPS) is 13.3. The first kappa shape index (κ1) is 22.6. The summed E-state index contributed by atoms with van der Waals surface area (Å²) in [5.74, 6) is 0.642. The maximum atomic E-state index is 13.1. The molecular formula is C29H28N4O2. The number of hydrogen-bond donors (Lipinski definition) is 1. The summed E-state index contributed by atoms with van der Waals surface area (Å²) in [6, 6.07) is 27.6. The molecule has 0 aliphatic carbocycles. The number of carbonyl (C=O) groups is 2. The van der Waals surface area contributed by atoms with E-state index >= 15 is 0 Å². The number of amides is 2. The van der Waals surface area contributed by atoms with Crippen LogP contribution in [0, 0.1) is 6.92 Å². The van der Waals surface area contributed by atoms with Gasteiger partial charge < -0.3 is 10.2 Å². The molecule has 1 aliphatic rings. The van der Waals surface area contributed by atoms with E-state index in [9.17, 15) is 9.59 Å². The van der Waals surface area contributed by atoms with Crippen LogP contribution in [0.2, 0.25) is 0 Å². The van der Waals surface area contributed by atoms with Gasteiger partial charge in [-0.2, -0.15) is 5.10 Å². The summed E-state index contributed by atoms with van der Waals surface area (Å²) < 4.78 is 1.83.